The lowest BCUT2D eigenvalue weighted by atomic mass is 9.78. The molecule has 2 rings (SSSR count). The highest BCUT2D eigenvalue weighted by atomic mass is 127. The van der Waals surface area contributed by atoms with Gasteiger partial charge in [0.1, 0.15) is 5.78 Å². The molecule has 0 bridgehead atoms. The summed E-state index contributed by atoms with van der Waals surface area (Å²) in [7, 11) is 0. The number of H-pyrrole nitrogens is 1. The highest BCUT2D eigenvalue weighted by Crippen LogP contribution is 2.40. The molecule has 0 aliphatic carbocycles. The first-order valence-electron chi connectivity index (χ1n) is 10.1. The molecule has 3 nitrogen and oxygen atoms in total. The standard InChI is InChI=1S/C24H37IN2O/c1-14(28)19(27-25)13-17-16-11-15(22(2,3)4)12-18(23(5,6)7)20(16)26-21(17)24(8,9)10/h11-12,19,26-27H,13H2,1-10H3. The molecule has 1 atom stereocenters. The molecule has 2 aromatic rings. The van der Waals surface area contributed by atoms with Gasteiger partial charge in [-0.25, -0.2) is 0 Å². The van der Waals surface area contributed by atoms with Gasteiger partial charge in [-0.05, 0) is 46.9 Å². The van der Waals surface area contributed by atoms with Crippen LogP contribution in [0.3, 0.4) is 0 Å². The summed E-state index contributed by atoms with van der Waals surface area (Å²) < 4.78 is 3.18. The molecule has 1 unspecified atom stereocenters. The number of halogens is 1. The Kier molecular flexibility index (Phi) is 6.48. The zero-order valence-corrected chi connectivity index (χ0v) is 21.4. The van der Waals surface area contributed by atoms with Gasteiger partial charge in [-0.2, -0.15) is 0 Å². The summed E-state index contributed by atoms with van der Waals surface area (Å²) in [6.07, 6.45) is 0.696. The van der Waals surface area contributed by atoms with Crippen LogP contribution in [0.1, 0.15) is 91.6 Å². The Morgan fingerprint density at radius 2 is 1.57 bits per heavy atom. The summed E-state index contributed by atoms with van der Waals surface area (Å²) in [4.78, 5) is 16.0. The van der Waals surface area contributed by atoms with Gasteiger partial charge in [0.25, 0.3) is 0 Å². The Morgan fingerprint density at radius 3 is 1.96 bits per heavy atom. The van der Waals surface area contributed by atoms with E-state index in [9.17, 15) is 4.79 Å². The number of aromatic nitrogens is 1. The maximum absolute atomic E-state index is 12.2. The van der Waals surface area contributed by atoms with Gasteiger partial charge in [-0.3, -0.25) is 8.32 Å². The SMILES string of the molecule is CC(=O)C(Cc1c(C(C)(C)C)[nH]c2c(C(C)(C)C)cc(C(C)(C)C)cc12)NI. The van der Waals surface area contributed by atoms with Crippen LogP contribution in [0.4, 0.5) is 0 Å². The van der Waals surface area contributed by atoms with Crippen molar-refractivity contribution in [2.24, 2.45) is 0 Å². The first-order chi connectivity index (χ1) is 12.6. The fourth-order valence-electron chi connectivity index (χ4n) is 3.69. The summed E-state index contributed by atoms with van der Waals surface area (Å²) in [5, 5.41) is 1.26. The molecule has 4 heteroatoms. The maximum atomic E-state index is 12.2. The fourth-order valence-corrected chi connectivity index (χ4v) is 4.35. The zero-order valence-electron chi connectivity index (χ0n) is 19.2. The number of aromatic amines is 1. The number of fused-ring (bicyclic) bond motifs is 1. The van der Waals surface area contributed by atoms with Crippen LogP contribution < -0.4 is 3.53 Å². The fraction of sp³-hybridized carbons (Fsp3) is 0.625. The molecule has 0 amide bonds. The second-order valence-electron chi connectivity index (χ2n) is 11.2. The van der Waals surface area contributed by atoms with Gasteiger partial charge >= 0.3 is 0 Å². The van der Waals surface area contributed by atoms with Gasteiger partial charge in [-0.15, -0.1) is 0 Å². The van der Waals surface area contributed by atoms with Gasteiger partial charge in [-0.1, -0.05) is 68.4 Å². The van der Waals surface area contributed by atoms with Crippen LogP contribution in [-0.4, -0.2) is 16.8 Å². The molecule has 0 saturated heterocycles. The minimum Gasteiger partial charge on any atom is -0.357 e. The molecule has 2 N–H and O–H groups in total. The number of rotatable bonds is 4. The van der Waals surface area contributed by atoms with E-state index in [-0.39, 0.29) is 28.1 Å². The average Bonchev–Trinajstić information content (AvgIpc) is 2.88. The molecule has 1 aromatic carbocycles. The Balaban J connectivity index is 2.93. The first-order valence-corrected chi connectivity index (χ1v) is 11.2. The van der Waals surface area contributed by atoms with Gasteiger partial charge < -0.3 is 4.98 Å². The highest BCUT2D eigenvalue weighted by molar-refractivity contribution is 14.1. The largest absolute Gasteiger partial charge is 0.357 e. The Labute approximate surface area is 184 Å². The van der Waals surface area contributed by atoms with Crippen LogP contribution in [0, 0.1) is 0 Å². The smallest absolute Gasteiger partial charge is 0.147 e. The number of carbonyl (C=O) groups excluding carboxylic acids is 1. The Bertz CT molecular complexity index is 873. The molecular weight excluding hydrogens is 459 g/mol. The molecule has 0 fully saturated rings. The number of nitrogens with one attached hydrogen (secondary N) is 2. The van der Waals surface area contributed by atoms with E-state index in [0.29, 0.717) is 6.42 Å². The molecule has 0 radical (unpaired) electrons. The summed E-state index contributed by atoms with van der Waals surface area (Å²) in [5.41, 5.74) is 6.46. The predicted molar refractivity (Wildman–Crippen MR) is 130 cm³/mol. The van der Waals surface area contributed by atoms with E-state index in [2.05, 4.69) is 106 Å². The predicted octanol–water partition coefficient (Wildman–Crippen LogP) is 6.50. The molecule has 1 heterocycles. The van der Waals surface area contributed by atoms with Crippen molar-refractivity contribution in [3.63, 3.8) is 0 Å². The van der Waals surface area contributed by atoms with E-state index in [1.54, 1.807) is 6.92 Å². The minimum atomic E-state index is -0.183. The number of carbonyl (C=O) groups is 1. The Hall–Kier alpha value is -0.880. The van der Waals surface area contributed by atoms with E-state index in [0.717, 1.165) is 0 Å². The lowest BCUT2D eigenvalue weighted by Crippen LogP contribution is -2.31. The average molecular weight is 496 g/mol. The van der Waals surface area contributed by atoms with Gasteiger partial charge in [0.05, 0.1) is 6.04 Å². The number of ketones is 1. The van der Waals surface area contributed by atoms with E-state index in [1.165, 1.54) is 33.3 Å². The van der Waals surface area contributed by atoms with Gasteiger partial charge in [0.2, 0.25) is 0 Å². The summed E-state index contributed by atoms with van der Waals surface area (Å²) >= 11 is 2.10. The van der Waals surface area contributed by atoms with Crippen molar-refractivity contribution in [1.29, 1.82) is 0 Å². The second-order valence-corrected chi connectivity index (χ2v) is 11.8. The van der Waals surface area contributed by atoms with Crippen LogP contribution in [0.15, 0.2) is 12.1 Å². The number of Topliss-reactive ketones (excluding diaryl/α,β-unsaturated/α-hetero) is 1. The van der Waals surface area contributed by atoms with Crippen molar-refractivity contribution >= 4 is 39.6 Å². The molecular formula is C24H37IN2O. The van der Waals surface area contributed by atoms with Crippen molar-refractivity contribution < 1.29 is 4.79 Å². The highest BCUT2D eigenvalue weighted by Gasteiger charge is 2.30. The van der Waals surface area contributed by atoms with Crippen LogP contribution in [0.5, 0.6) is 0 Å². The monoisotopic (exact) mass is 496 g/mol. The third-order valence-electron chi connectivity index (χ3n) is 5.47. The number of hydrogen-bond donors (Lipinski definition) is 2. The van der Waals surface area contributed by atoms with E-state index in [1.807, 2.05) is 0 Å². The first kappa shape index (κ1) is 23.4. The van der Waals surface area contributed by atoms with Crippen LogP contribution in [0.25, 0.3) is 10.9 Å². The van der Waals surface area contributed by atoms with Crippen molar-refractivity contribution in [3.05, 3.63) is 34.5 Å². The molecule has 0 aliphatic heterocycles. The zero-order chi connectivity index (χ0) is 21.7. The van der Waals surface area contributed by atoms with Gasteiger partial charge in [0, 0.05) is 44.9 Å². The molecule has 1 aromatic heterocycles. The summed E-state index contributed by atoms with van der Waals surface area (Å²) in [6, 6.07) is 4.53. The normalized spacial score (nSPS) is 14.5. The second kappa shape index (κ2) is 7.75. The molecule has 0 spiro atoms. The van der Waals surface area contributed by atoms with Crippen LogP contribution in [-0.2, 0) is 27.5 Å². The molecule has 0 saturated carbocycles. The van der Waals surface area contributed by atoms with Crippen molar-refractivity contribution in [1.82, 2.24) is 8.51 Å². The lowest BCUT2D eigenvalue weighted by molar-refractivity contribution is -0.118. The van der Waals surface area contributed by atoms with Crippen LogP contribution >= 0.6 is 22.9 Å². The van der Waals surface area contributed by atoms with Crippen LogP contribution in [0.2, 0.25) is 0 Å². The maximum Gasteiger partial charge on any atom is 0.147 e. The van der Waals surface area contributed by atoms with Crippen molar-refractivity contribution in [2.45, 2.75) is 97.9 Å². The topological polar surface area (TPSA) is 44.9 Å². The quantitative estimate of drug-likeness (QED) is 0.375. The van der Waals surface area contributed by atoms with Crippen molar-refractivity contribution in [3.8, 4) is 0 Å². The molecule has 156 valence electrons. The van der Waals surface area contributed by atoms with Crippen molar-refractivity contribution in [2.75, 3.05) is 0 Å². The lowest BCUT2D eigenvalue weighted by Gasteiger charge is -2.26. The Morgan fingerprint density at radius 1 is 1.00 bits per heavy atom. The third-order valence-corrected chi connectivity index (χ3v) is 6.22. The number of benzene rings is 1. The van der Waals surface area contributed by atoms with E-state index >= 15 is 0 Å². The molecule has 28 heavy (non-hydrogen) atoms. The summed E-state index contributed by atoms with van der Waals surface area (Å²) in [6.45, 7) is 22.0. The van der Waals surface area contributed by atoms with E-state index in [4.69, 9.17) is 0 Å². The van der Waals surface area contributed by atoms with E-state index < -0.39 is 0 Å². The third kappa shape index (κ3) is 4.81. The number of hydrogen-bond acceptors (Lipinski definition) is 2. The minimum absolute atomic E-state index is 0.0261. The molecule has 0 aliphatic rings. The van der Waals surface area contributed by atoms with Gasteiger partial charge in [0.15, 0.2) is 0 Å². The summed E-state index contributed by atoms with van der Waals surface area (Å²) in [5.74, 6) is 0.173.